The first-order valence-corrected chi connectivity index (χ1v) is 10.7. The highest BCUT2D eigenvalue weighted by Gasteiger charge is 2.35. The quantitative estimate of drug-likeness (QED) is 0.259. The monoisotopic (exact) mass is 464 g/mol. The zero-order valence-electron chi connectivity index (χ0n) is 17.1. The number of rotatable bonds is 7. The molecule has 0 bridgehead atoms. The molecule has 0 aromatic heterocycles. The highest BCUT2D eigenvalue weighted by molar-refractivity contribution is 8.18. The molecule has 0 atom stereocenters. The summed E-state index contributed by atoms with van der Waals surface area (Å²) in [5.41, 5.74) is 1.61. The first kappa shape index (κ1) is 22.2. The van der Waals surface area contributed by atoms with Gasteiger partial charge in [0, 0.05) is 17.7 Å². The summed E-state index contributed by atoms with van der Waals surface area (Å²) in [6.45, 7) is 0.0677. The number of para-hydroxylation sites is 1. The van der Waals surface area contributed by atoms with Crippen LogP contribution >= 0.6 is 11.8 Å². The Morgan fingerprint density at radius 2 is 1.76 bits per heavy atom. The van der Waals surface area contributed by atoms with Crippen molar-refractivity contribution in [2.45, 2.75) is 13.2 Å². The number of ether oxygens (including phenoxy) is 1. The van der Waals surface area contributed by atoms with Crippen molar-refractivity contribution < 1.29 is 23.6 Å². The van der Waals surface area contributed by atoms with E-state index in [0.29, 0.717) is 22.4 Å². The van der Waals surface area contributed by atoms with E-state index in [-0.39, 0.29) is 29.6 Å². The minimum atomic E-state index is -0.530. The highest BCUT2D eigenvalue weighted by Crippen LogP contribution is 2.35. The van der Waals surface area contributed by atoms with E-state index in [1.807, 2.05) is 0 Å². The van der Waals surface area contributed by atoms with Crippen molar-refractivity contribution in [3.8, 4) is 5.75 Å². The molecule has 0 N–H and O–H groups in total. The van der Waals surface area contributed by atoms with Crippen LogP contribution in [0.2, 0.25) is 0 Å². The zero-order valence-corrected chi connectivity index (χ0v) is 18.0. The van der Waals surface area contributed by atoms with Crippen LogP contribution in [0.5, 0.6) is 5.75 Å². The molecule has 33 heavy (non-hydrogen) atoms. The molecule has 166 valence electrons. The largest absolute Gasteiger partial charge is 0.488 e. The normalized spacial score (nSPS) is 14.7. The summed E-state index contributed by atoms with van der Waals surface area (Å²) >= 11 is 0.791. The van der Waals surface area contributed by atoms with Gasteiger partial charge in [-0.2, -0.15) is 0 Å². The van der Waals surface area contributed by atoms with Gasteiger partial charge in [-0.25, -0.2) is 4.39 Å². The van der Waals surface area contributed by atoms with Gasteiger partial charge in [-0.05, 0) is 47.2 Å². The molecule has 1 saturated heterocycles. The van der Waals surface area contributed by atoms with Gasteiger partial charge in [0.1, 0.15) is 18.2 Å². The summed E-state index contributed by atoms with van der Waals surface area (Å²) in [6.07, 6.45) is 1.57. The molecule has 0 radical (unpaired) electrons. The summed E-state index contributed by atoms with van der Waals surface area (Å²) < 4.78 is 19.2. The second-order valence-electron chi connectivity index (χ2n) is 7.15. The lowest BCUT2D eigenvalue weighted by atomic mass is 10.1. The van der Waals surface area contributed by atoms with E-state index >= 15 is 0 Å². The standard InChI is InChI=1S/C24H17FN2O5S/c25-19-8-3-6-17(11-19)15-32-21-10-2-1-7-18(21)13-22-23(28)26(24(29)33-22)14-16-5-4-9-20(12-16)27(30)31/h1-13H,14-15H2. The smallest absolute Gasteiger partial charge is 0.293 e. The number of carbonyl (C=O) groups is 2. The third-order valence-electron chi connectivity index (χ3n) is 4.82. The number of carbonyl (C=O) groups excluding carboxylic acids is 2. The van der Waals surface area contributed by atoms with Crippen molar-refractivity contribution in [3.63, 3.8) is 0 Å². The molecule has 4 rings (SSSR count). The van der Waals surface area contributed by atoms with Crippen molar-refractivity contribution in [1.82, 2.24) is 4.90 Å². The molecule has 1 aliphatic rings. The molecule has 3 aromatic rings. The van der Waals surface area contributed by atoms with E-state index in [1.165, 1.54) is 30.3 Å². The number of nitro benzene ring substituents is 1. The number of thioether (sulfide) groups is 1. The van der Waals surface area contributed by atoms with E-state index < -0.39 is 16.1 Å². The maximum atomic E-state index is 13.4. The summed E-state index contributed by atoms with van der Waals surface area (Å²) in [5.74, 6) is -0.370. The minimum absolute atomic E-state index is 0.0681. The Morgan fingerprint density at radius 1 is 1.00 bits per heavy atom. The molecule has 3 aromatic carbocycles. The molecule has 9 heteroatoms. The van der Waals surface area contributed by atoms with Crippen LogP contribution in [0.4, 0.5) is 14.9 Å². The van der Waals surface area contributed by atoms with Crippen LogP contribution in [-0.4, -0.2) is 21.0 Å². The second-order valence-corrected chi connectivity index (χ2v) is 8.14. The molecular formula is C24H17FN2O5S. The summed E-state index contributed by atoms with van der Waals surface area (Å²) in [6, 6.07) is 18.9. The molecule has 0 aliphatic carbocycles. The summed E-state index contributed by atoms with van der Waals surface area (Å²) in [4.78, 5) is 37.0. The van der Waals surface area contributed by atoms with Crippen molar-refractivity contribution in [2.75, 3.05) is 0 Å². The van der Waals surface area contributed by atoms with E-state index in [4.69, 9.17) is 4.74 Å². The van der Waals surface area contributed by atoms with Crippen molar-refractivity contribution in [1.29, 1.82) is 0 Å². The van der Waals surface area contributed by atoms with E-state index in [2.05, 4.69) is 0 Å². The lowest BCUT2D eigenvalue weighted by Gasteiger charge is -2.12. The third kappa shape index (κ3) is 5.27. The minimum Gasteiger partial charge on any atom is -0.488 e. The fraction of sp³-hybridized carbons (Fsp3) is 0.0833. The number of non-ortho nitro benzene ring substituents is 1. The Labute approximate surface area is 192 Å². The number of amides is 2. The molecular weight excluding hydrogens is 447 g/mol. The number of nitro groups is 1. The number of hydrogen-bond acceptors (Lipinski definition) is 6. The molecule has 0 unspecified atom stereocenters. The maximum Gasteiger partial charge on any atom is 0.293 e. The second kappa shape index (κ2) is 9.66. The summed E-state index contributed by atoms with van der Waals surface area (Å²) in [7, 11) is 0. The van der Waals surface area contributed by atoms with Gasteiger partial charge < -0.3 is 4.74 Å². The fourth-order valence-electron chi connectivity index (χ4n) is 3.25. The van der Waals surface area contributed by atoms with Crippen molar-refractivity contribution in [3.05, 3.63) is 110 Å². The number of benzene rings is 3. The third-order valence-corrected chi connectivity index (χ3v) is 5.73. The van der Waals surface area contributed by atoms with Crippen LogP contribution in [-0.2, 0) is 17.9 Å². The first-order valence-electron chi connectivity index (χ1n) is 9.86. The van der Waals surface area contributed by atoms with Crippen LogP contribution in [0, 0.1) is 15.9 Å². The molecule has 0 saturated carbocycles. The van der Waals surface area contributed by atoms with Gasteiger partial charge in [-0.3, -0.25) is 24.6 Å². The van der Waals surface area contributed by atoms with Gasteiger partial charge in [0.25, 0.3) is 16.8 Å². The number of halogens is 1. The average molecular weight is 464 g/mol. The lowest BCUT2D eigenvalue weighted by Crippen LogP contribution is -2.27. The van der Waals surface area contributed by atoms with E-state index in [1.54, 1.807) is 48.5 Å². The van der Waals surface area contributed by atoms with Gasteiger partial charge in [-0.1, -0.05) is 42.5 Å². The average Bonchev–Trinajstić information content (AvgIpc) is 3.06. The lowest BCUT2D eigenvalue weighted by molar-refractivity contribution is -0.384. The molecule has 1 heterocycles. The van der Waals surface area contributed by atoms with Crippen LogP contribution in [0.25, 0.3) is 6.08 Å². The first-order chi connectivity index (χ1) is 15.9. The molecule has 0 spiro atoms. The zero-order chi connectivity index (χ0) is 23.4. The van der Waals surface area contributed by atoms with E-state index in [9.17, 15) is 24.1 Å². The fourth-order valence-corrected chi connectivity index (χ4v) is 4.08. The number of hydrogen-bond donors (Lipinski definition) is 0. The van der Waals surface area contributed by atoms with Gasteiger partial charge in [0.05, 0.1) is 16.4 Å². The van der Waals surface area contributed by atoms with Crippen LogP contribution < -0.4 is 4.74 Å². The highest BCUT2D eigenvalue weighted by atomic mass is 32.2. The van der Waals surface area contributed by atoms with Gasteiger partial charge in [0.2, 0.25) is 0 Å². The predicted octanol–water partition coefficient (Wildman–Crippen LogP) is 5.55. The number of imide groups is 1. The van der Waals surface area contributed by atoms with Gasteiger partial charge in [0.15, 0.2) is 0 Å². The van der Waals surface area contributed by atoms with Crippen LogP contribution in [0.1, 0.15) is 16.7 Å². The maximum absolute atomic E-state index is 13.4. The van der Waals surface area contributed by atoms with Gasteiger partial charge >= 0.3 is 0 Å². The Bertz CT molecular complexity index is 1280. The van der Waals surface area contributed by atoms with Crippen LogP contribution in [0.3, 0.4) is 0 Å². The Balaban J connectivity index is 1.52. The Hall–Kier alpha value is -3.98. The topological polar surface area (TPSA) is 89.8 Å². The number of nitrogens with zero attached hydrogens (tertiary/aromatic N) is 2. The summed E-state index contributed by atoms with van der Waals surface area (Å²) in [5, 5.41) is 10.5. The Morgan fingerprint density at radius 3 is 2.55 bits per heavy atom. The Kier molecular flexibility index (Phi) is 6.50. The van der Waals surface area contributed by atoms with E-state index in [0.717, 1.165) is 16.7 Å². The molecule has 1 fully saturated rings. The molecule has 7 nitrogen and oxygen atoms in total. The SMILES string of the molecule is O=C1SC(=Cc2ccccc2OCc2cccc(F)c2)C(=O)N1Cc1cccc([N+](=O)[O-])c1. The van der Waals surface area contributed by atoms with Crippen molar-refractivity contribution in [2.24, 2.45) is 0 Å². The van der Waals surface area contributed by atoms with Crippen LogP contribution in [0.15, 0.2) is 77.7 Å². The predicted molar refractivity (Wildman–Crippen MR) is 122 cm³/mol. The molecule has 2 amide bonds. The van der Waals surface area contributed by atoms with Crippen molar-refractivity contribution >= 4 is 34.7 Å². The van der Waals surface area contributed by atoms with Gasteiger partial charge in [-0.15, -0.1) is 0 Å². The molecule has 1 aliphatic heterocycles.